The topological polar surface area (TPSA) is 393 Å². The van der Waals surface area contributed by atoms with E-state index in [2.05, 4.69) is 37.2 Å². The first-order chi connectivity index (χ1) is 35.9. The Kier molecular flexibility index (Phi) is 33.0. The number of hydrogen-bond donors (Lipinski definition) is 11. The molecule has 0 heterocycles. The van der Waals surface area contributed by atoms with Gasteiger partial charge in [-0.15, -0.1) is 0 Å². The fourth-order valence-electron chi connectivity index (χ4n) is 6.92. The highest BCUT2D eigenvalue weighted by Gasteiger charge is 2.29. The molecule has 424 valence electrons. The van der Waals surface area contributed by atoms with Gasteiger partial charge in [-0.1, -0.05) is 38.8 Å². The van der Waals surface area contributed by atoms with Crippen LogP contribution in [0.2, 0.25) is 0 Å². The molecule has 1 unspecified atom stereocenters. The lowest BCUT2D eigenvalue weighted by molar-refractivity contribution is -0.132. The van der Waals surface area contributed by atoms with Crippen molar-refractivity contribution in [2.24, 2.45) is 29.0 Å². The lowest BCUT2D eigenvalue weighted by Crippen LogP contribution is -2.54. The summed E-state index contributed by atoms with van der Waals surface area (Å²) in [5.41, 5.74) is 18.8. The summed E-state index contributed by atoms with van der Waals surface area (Å²) >= 11 is 0. The standard InChI is InChI=1S/C48H82N12O15/c1-32(2)43(46(66)58-37(10-8-17-54-47(51)67)45(65)57-35-14-12-34(13-15-35)28-75-48(68)55-27-41(63)56-31-73-29-39(50)61)59-40(62)16-19-69-21-23-71-25-26-72-24-22-70-20-18-53-42(64)30-74-38-11-7-5-6-9-36(49)44(38)60(52)33(3)4/h12-15,32-33,37-38,43H,5-11,16-31,49,52H2,1-4H3,(H2,50,61)(H,53,64)(H,55,68)(H,56,63)(H,57,65)(H,58,66)(H,59,62)(H3,51,54,67)/b44-36-/t37-,38?,43-/m0/s1. The van der Waals surface area contributed by atoms with Gasteiger partial charge in [0, 0.05) is 36.9 Å². The normalized spacial score (nSPS) is 15.4. The number of nitrogens with zero attached hydrogens (tertiary/aromatic N) is 1. The number of primary amides is 2. The smallest absolute Gasteiger partial charge is 0.407 e. The number of amides is 9. The number of nitrogens with one attached hydrogen (secondary N) is 7. The van der Waals surface area contributed by atoms with Crippen molar-refractivity contribution < 1.29 is 71.5 Å². The van der Waals surface area contributed by atoms with Crippen LogP contribution in [0.5, 0.6) is 0 Å². The van der Waals surface area contributed by atoms with Gasteiger partial charge in [0.1, 0.15) is 51.3 Å². The molecule has 9 amide bonds. The number of urea groups is 1. The predicted molar refractivity (Wildman–Crippen MR) is 273 cm³/mol. The van der Waals surface area contributed by atoms with Crippen molar-refractivity contribution in [2.45, 2.75) is 110 Å². The van der Waals surface area contributed by atoms with Gasteiger partial charge in [-0.2, -0.15) is 0 Å². The molecular weight excluding hydrogens is 985 g/mol. The quantitative estimate of drug-likeness (QED) is 0.0167. The number of hydrazine groups is 1. The summed E-state index contributed by atoms with van der Waals surface area (Å²) in [5, 5.41) is 19.6. The van der Waals surface area contributed by atoms with Gasteiger partial charge in [0.25, 0.3) is 0 Å². The van der Waals surface area contributed by atoms with E-state index in [0.717, 1.165) is 37.8 Å². The molecule has 1 aromatic carbocycles. The Balaban J connectivity index is 1.65. The fraction of sp³-hybridized carbons (Fsp3) is 0.667. The molecule has 0 aromatic heterocycles. The average molecular weight is 1070 g/mol. The van der Waals surface area contributed by atoms with Crippen molar-refractivity contribution in [3.05, 3.63) is 41.2 Å². The maximum atomic E-state index is 13.5. The largest absolute Gasteiger partial charge is 0.445 e. The number of carbonyl (C=O) groups is 8. The van der Waals surface area contributed by atoms with E-state index in [-0.39, 0.29) is 96.2 Å². The van der Waals surface area contributed by atoms with Crippen LogP contribution in [0.4, 0.5) is 15.3 Å². The summed E-state index contributed by atoms with van der Waals surface area (Å²) in [7, 11) is 0. The van der Waals surface area contributed by atoms with Gasteiger partial charge in [0.05, 0.1) is 58.6 Å². The van der Waals surface area contributed by atoms with E-state index >= 15 is 0 Å². The van der Waals surface area contributed by atoms with Crippen LogP contribution in [-0.4, -0.2) is 169 Å². The van der Waals surface area contributed by atoms with Crippen LogP contribution in [0.1, 0.15) is 84.6 Å². The fourth-order valence-corrected chi connectivity index (χ4v) is 6.92. The molecule has 15 N–H and O–H groups in total. The molecule has 2 rings (SSSR count). The van der Waals surface area contributed by atoms with Crippen molar-refractivity contribution >= 4 is 53.3 Å². The molecule has 27 nitrogen and oxygen atoms in total. The molecule has 0 saturated carbocycles. The van der Waals surface area contributed by atoms with Crippen LogP contribution < -0.4 is 60.3 Å². The number of anilines is 1. The van der Waals surface area contributed by atoms with Crippen molar-refractivity contribution in [2.75, 3.05) is 97.8 Å². The zero-order valence-corrected chi connectivity index (χ0v) is 43.8. The predicted octanol–water partition coefficient (Wildman–Crippen LogP) is -0.823. The van der Waals surface area contributed by atoms with Crippen LogP contribution in [0.25, 0.3) is 0 Å². The number of benzene rings is 1. The van der Waals surface area contributed by atoms with Gasteiger partial charge in [0.2, 0.25) is 35.4 Å². The van der Waals surface area contributed by atoms with Crippen molar-refractivity contribution in [3.8, 4) is 0 Å². The Hall–Kier alpha value is -6.36. The highest BCUT2D eigenvalue weighted by molar-refractivity contribution is 5.98. The lowest BCUT2D eigenvalue weighted by Gasteiger charge is -2.34. The molecule has 0 fully saturated rings. The molecule has 0 bridgehead atoms. The minimum atomic E-state index is -1.08. The third-order valence-electron chi connectivity index (χ3n) is 10.9. The summed E-state index contributed by atoms with van der Waals surface area (Å²) in [5.74, 6) is 2.79. The number of ether oxygens (including phenoxy) is 7. The second-order valence-corrected chi connectivity index (χ2v) is 17.8. The zero-order chi connectivity index (χ0) is 55.4. The van der Waals surface area contributed by atoms with Gasteiger partial charge in [-0.25, -0.2) is 15.4 Å². The van der Waals surface area contributed by atoms with E-state index < -0.39 is 60.3 Å². The van der Waals surface area contributed by atoms with E-state index in [4.69, 9.17) is 56.2 Å². The molecule has 1 aliphatic rings. The highest BCUT2D eigenvalue weighted by Crippen LogP contribution is 2.26. The minimum Gasteiger partial charge on any atom is -0.445 e. The van der Waals surface area contributed by atoms with Gasteiger partial charge >= 0.3 is 12.1 Å². The third-order valence-corrected chi connectivity index (χ3v) is 10.9. The number of nitrogens with two attached hydrogens (primary N) is 4. The van der Waals surface area contributed by atoms with Crippen molar-refractivity contribution in [1.82, 2.24) is 36.9 Å². The molecule has 0 spiro atoms. The van der Waals surface area contributed by atoms with E-state index in [0.29, 0.717) is 56.5 Å². The highest BCUT2D eigenvalue weighted by atomic mass is 16.6. The Bertz CT molecular complexity index is 1940. The van der Waals surface area contributed by atoms with Gasteiger partial charge < -0.3 is 92.6 Å². The molecule has 3 atom stereocenters. The van der Waals surface area contributed by atoms with Crippen LogP contribution in [0.3, 0.4) is 0 Å². The summed E-state index contributed by atoms with van der Waals surface area (Å²) < 4.78 is 38.0. The average Bonchev–Trinajstić information content (AvgIpc) is 3.35. The van der Waals surface area contributed by atoms with Gasteiger partial charge in [-0.3, -0.25) is 28.8 Å². The summed E-state index contributed by atoms with van der Waals surface area (Å²) in [6.07, 6.45) is 3.59. The maximum absolute atomic E-state index is 13.5. The first-order valence-corrected chi connectivity index (χ1v) is 25.2. The molecule has 27 heteroatoms. The van der Waals surface area contributed by atoms with Crippen LogP contribution in [0.15, 0.2) is 35.7 Å². The van der Waals surface area contributed by atoms with E-state index in [1.54, 1.807) is 43.1 Å². The number of hydrogen-bond acceptors (Lipinski definition) is 18. The third kappa shape index (κ3) is 30.0. The Labute approximate surface area is 438 Å². The summed E-state index contributed by atoms with van der Waals surface area (Å²) in [6, 6.07) is 3.50. The number of alkyl carbamates (subject to hydrolysis) is 1. The van der Waals surface area contributed by atoms with Crippen LogP contribution in [0, 0.1) is 5.92 Å². The molecule has 0 saturated heterocycles. The maximum Gasteiger partial charge on any atom is 0.407 e. The van der Waals surface area contributed by atoms with Gasteiger partial charge in [0.15, 0.2) is 0 Å². The Morgan fingerprint density at radius 3 is 1.97 bits per heavy atom. The van der Waals surface area contributed by atoms with Gasteiger partial charge in [-0.05, 0) is 69.6 Å². The molecular formula is C48H82N12O15. The minimum absolute atomic E-state index is 0.0296. The van der Waals surface area contributed by atoms with Crippen molar-refractivity contribution in [3.63, 3.8) is 0 Å². The second-order valence-electron chi connectivity index (χ2n) is 17.8. The van der Waals surface area contributed by atoms with Crippen LogP contribution in [-0.2, 0) is 68.5 Å². The molecule has 1 aromatic rings. The Morgan fingerprint density at radius 1 is 0.693 bits per heavy atom. The monoisotopic (exact) mass is 1070 g/mol. The Morgan fingerprint density at radius 2 is 1.35 bits per heavy atom. The number of carbonyl (C=O) groups excluding carboxylic acids is 8. The lowest BCUT2D eigenvalue weighted by atomic mass is 9.98. The summed E-state index contributed by atoms with van der Waals surface area (Å²) in [4.78, 5) is 98.1. The second kappa shape index (κ2) is 38.2. The first kappa shape index (κ1) is 64.8. The number of rotatable bonds is 38. The molecule has 0 aliphatic heterocycles. The van der Waals surface area contributed by atoms with E-state index in [9.17, 15) is 38.4 Å². The van der Waals surface area contributed by atoms with Crippen LogP contribution >= 0.6 is 0 Å². The van der Waals surface area contributed by atoms with Crippen molar-refractivity contribution in [1.29, 1.82) is 0 Å². The molecule has 1 aliphatic carbocycles. The molecule has 75 heavy (non-hydrogen) atoms. The summed E-state index contributed by atoms with van der Waals surface area (Å²) in [6.45, 7) is 8.68. The first-order valence-electron chi connectivity index (χ1n) is 25.2. The number of allylic oxidation sites excluding steroid dienone is 1. The SMILES string of the molecule is CC(C)[C@H](NC(=O)CCOCCOCCOCCOCCNC(=O)COC1CCCCC/C(N)=C\1N(N)C(C)C)C(=O)N[C@@H](CCCNC(N)=O)C(=O)Nc1ccc(COC(=O)NCC(=O)NCOCC(N)=O)cc1. The van der Waals surface area contributed by atoms with E-state index in [1.807, 2.05) is 13.8 Å². The molecule has 0 radical (unpaired) electrons. The zero-order valence-electron chi connectivity index (χ0n) is 43.8. The van der Waals surface area contributed by atoms with E-state index in [1.165, 1.54) is 0 Å².